The third-order valence-corrected chi connectivity index (χ3v) is 3.16. The van der Waals surface area contributed by atoms with Gasteiger partial charge >= 0.3 is 5.97 Å². The first-order chi connectivity index (χ1) is 10.5. The molecule has 1 heterocycles. The van der Waals surface area contributed by atoms with Gasteiger partial charge < -0.3 is 10.4 Å². The Bertz CT molecular complexity index is 647. The van der Waals surface area contributed by atoms with Gasteiger partial charge in [0.2, 0.25) is 5.91 Å². The van der Waals surface area contributed by atoms with Crippen LogP contribution in [0.15, 0.2) is 30.9 Å². The summed E-state index contributed by atoms with van der Waals surface area (Å²) in [6.45, 7) is 4.13. The average molecular weight is 302 g/mol. The molecule has 0 bridgehead atoms. The molecule has 1 amide bonds. The number of hydrogen-bond donors (Lipinski definition) is 2. The molecule has 0 aliphatic heterocycles. The summed E-state index contributed by atoms with van der Waals surface area (Å²) >= 11 is 0. The molecule has 1 atom stereocenters. The van der Waals surface area contributed by atoms with Crippen LogP contribution >= 0.6 is 0 Å². The molecule has 0 saturated heterocycles. The topological polar surface area (TPSA) is 97.1 Å². The van der Waals surface area contributed by atoms with Crippen LogP contribution in [-0.4, -0.2) is 31.7 Å². The van der Waals surface area contributed by atoms with Gasteiger partial charge in [-0.25, -0.2) is 9.78 Å². The van der Waals surface area contributed by atoms with Crippen molar-refractivity contribution in [1.29, 1.82) is 0 Å². The maximum absolute atomic E-state index is 12.0. The highest BCUT2D eigenvalue weighted by atomic mass is 16.4. The fraction of sp³-hybridized carbons (Fsp3) is 0.333. The third kappa shape index (κ3) is 4.15. The van der Waals surface area contributed by atoms with Crippen LogP contribution in [-0.2, 0) is 16.1 Å². The van der Waals surface area contributed by atoms with Crippen molar-refractivity contribution in [1.82, 2.24) is 20.1 Å². The number of carbonyl (C=O) groups excluding carboxylic acids is 1. The largest absolute Gasteiger partial charge is 0.479 e. The van der Waals surface area contributed by atoms with Gasteiger partial charge in [0.1, 0.15) is 12.7 Å². The molecule has 2 rings (SSSR count). The van der Waals surface area contributed by atoms with Crippen molar-refractivity contribution in [3.8, 4) is 0 Å². The lowest BCUT2D eigenvalue weighted by atomic mass is 10.0. The zero-order valence-electron chi connectivity index (χ0n) is 12.5. The predicted octanol–water partition coefficient (Wildman–Crippen LogP) is 1.23. The Hall–Kier alpha value is -2.70. The predicted molar refractivity (Wildman–Crippen MR) is 79.1 cm³/mol. The molecule has 2 aromatic rings. The van der Waals surface area contributed by atoms with Crippen LogP contribution in [0.3, 0.4) is 0 Å². The minimum Gasteiger partial charge on any atom is -0.479 e. The zero-order valence-corrected chi connectivity index (χ0v) is 12.5. The Balaban J connectivity index is 2.05. The summed E-state index contributed by atoms with van der Waals surface area (Å²) in [4.78, 5) is 27.2. The Kier molecular flexibility index (Phi) is 4.88. The van der Waals surface area contributed by atoms with Crippen molar-refractivity contribution < 1.29 is 14.7 Å². The van der Waals surface area contributed by atoms with Crippen molar-refractivity contribution in [2.45, 2.75) is 32.9 Å². The number of hydrogen-bond acceptors (Lipinski definition) is 4. The van der Waals surface area contributed by atoms with Crippen LogP contribution in [0.5, 0.6) is 0 Å². The van der Waals surface area contributed by atoms with Gasteiger partial charge in [-0.2, -0.15) is 5.10 Å². The first-order valence-corrected chi connectivity index (χ1v) is 6.88. The van der Waals surface area contributed by atoms with Crippen molar-refractivity contribution in [3.05, 3.63) is 47.5 Å². The van der Waals surface area contributed by atoms with E-state index in [1.807, 2.05) is 19.9 Å². The molecule has 0 saturated carbocycles. The molecule has 1 aromatic heterocycles. The molecular formula is C15H18N4O3. The van der Waals surface area contributed by atoms with Crippen molar-refractivity contribution in [2.24, 2.45) is 0 Å². The maximum Gasteiger partial charge on any atom is 0.330 e. The monoisotopic (exact) mass is 302 g/mol. The number of rotatable bonds is 6. The van der Waals surface area contributed by atoms with Gasteiger partial charge in [0, 0.05) is 6.42 Å². The van der Waals surface area contributed by atoms with Crippen LogP contribution in [0.2, 0.25) is 0 Å². The lowest BCUT2D eigenvalue weighted by Gasteiger charge is -2.16. The summed E-state index contributed by atoms with van der Waals surface area (Å²) in [6.07, 6.45) is 3.03. The highest BCUT2D eigenvalue weighted by Crippen LogP contribution is 2.17. The smallest absolute Gasteiger partial charge is 0.330 e. The van der Waals surface area contributed by atoms with Gasteiger partial charge in [-0.3, -0.25) is 9.48 Å². The van der Waals surface area contributed by atoms with E-state index in [9.17, 15) is 14.7 Å². The number of amides is 1. The molecule has 7 heteroatoms. The van der Waals surface area contributed by atoms with Gasteiger partial charge in [0.15, 0.2) is 6.04 Å². The first kappa shape index (κ1) is 15.7. The van der Waals surface area contributed by atoms with Crippen molar-refractivity contribution in [3.63, 3.8) is 0 Å². The van der Waals surface area contributed by atoms with Crippen LogP contribution < -0.4 is 5.32 Å². The number of aromatic nitrogens is 3. The van der Waals surface area contributed by atoms with E-state index in [1.165, 1.54) is 17.3 Å². The second-order valence-electron chi connectivity index (χ2n) is 5.17. The van der Waals surface area contributed by atoms with E-state index >= 15 is 0 Å². The number of carboxylic acids is 1. The molecule has 2 N–H and O–H groups in total. The maximum atomic E-state index is 12.0. The number of carboxylic acid groups (broad SMARTS) is 1. The van der Waals surface area contributed by atoms with E-state index in [0.717, 1.165) is 11.1 Å². The number of aryl methyl sites for hydroxylation is 3. The number of aliphatic carboxylic acids is 1. The molecule has 0 spiro atoms. The van der Waals surface area contributed by atoms with Gasteiger partial charge in [-0.1, -0.05) is 29.3 Å². The zero-order chi connectivity index (χ0) is 16.1. The molecule has 0 radical (unpaired) electrons. The van der Waals surface area contributed by atoms with Gasteiger partial charge in [-0.15, -0.1) is 0 Å². The van der Waals surface area contributed by atoms with Crippen LogP contribution in [0.1, 0.15) is 29.2 Å². The SMILES string of the molecule is Cc1cc(C)cc(C(NC(=O)CCn2cncn2)C(=O)O)c1. The van der Waals surface area contributed by atoms with Crippen LogP contribution in [0.4, 0.5) is 0 Å². The van der Waals surface area contributed by atoms with Crippen molar-refractivity contribution >= 4 is 11.9 Å². The molecule has 1 unspecified atom stereocenters. The number of carbonyl (C=O) groups is 2. The Morgan fingerprint density at radius 1 is 1.27 bits per heavy atom. The molecular weight excluding hydrogens is 284 g/mol. The van der Waals surface area contributed by atoms with Gasteiger partial charge in [-0.05, 0) is 19.4 Å². The van der Waals surface area contributed by atoms with E-state index in [-0.39, 0.29) is 12.3 Å². The summed E-state index contributed by atoms with van der Waals surface area (Å²) in [5.41, 5.74) is 2.48. The molecule has 116 valence electrons. The van der Waals surface area contributed by atoms with Crippen LogP contribution in [0, 0.1) is 13.8 Å². The molecule has 7 nitrogen and oxygen atoms in total. The van der Waals surface area contributed by atoms with Crippen LogP contribution in [0.25, 0.3) is 0 Å². The minimum absolute atomic E-state index is 0.137. The molecule has 0 fully saturated rings. The Labute approximate surface area is 128 Å². The number of benzene rings is 1. The number of nitrogens with zero attached hydrogens (tertiary/aromatic N) is 3. The second kappa shape index (κ2) is 6.84. The summed E-state index contributed by atoms with van der Waals surface area (Å²) in [6, 6.07) is 4.43. The summed E-state index contributed by atoms with van der Waals surface area (Å²) < 4.78 is 1.52. The lowest BCUT2D eigenvalue weighted by Crippen LogP contribution is -2.34. The van der Waals surface area contributed by atoms with Gasteiger partial charge in [0.25, 0.3) is 0 Å². The molecule has 22 heavy (non-hydrogen) atoms. The minimum atomic E-state index is -1.08. The molecule has 1 aromatic carbocycles. The second-order valence-corrected chi connectivity index (χ2v) is 5.17. The van der Waals surface area contributed by atoms with E-state index in [2.05, 4.69) is 15.4 Å². The Morgan fingerprint density at radius 2 is 1.95 bits per heavy atom. The average Bonchev–Trinajstić information content (AvgIpc) is 2.94. The third-order valence-electron chi connectivity index (χ3n) is 3.16. The fourth-order valence-corrected chi connectivity index (χ4v) is 2.26. The van der Waals surface area contributed by atoms with E-state index in [4.69, 9.17) is 0 Å². The molecule has 0 aliphatic carbocycles. The lowest BCUT2D eigenvalue weighted by molar-refractivity contribution is -0.142. The quantitative estimate of drug-likeness (QED) is 0.836. The Morgan fingerprint density at radius 3 is 2.50 bits per heavy atom. The normalized spacial score (nSPS) is 11.9. The number of nitrogens with one attached hydrogen (secondary N) is 1. The van der Waals surface area contributed by atoms with Crippen molar-refractivity contribution in [2.75, 3.05) is 0 Å². The fourth-order valence-electron chi connectivity index (χ4n) is 2.26. The summed E-state index contributed by atoms with van der Waals surface area (Å²) in [7, 11) is 0. The highest BCUT2D eigenvalue weighted by Gasteiger charge is 2.22. The summed E-state index contributed by atoms with van der Waals surface area (Å²) in [5, 5.41) is 15.8. The standard InChI is InChI=1S/C15H18N4O3/c1-10-5-11(2)7-12(6-10)14(15(21)22)18-13(20)3-4-19-9-16-8-17-19/h5-9,14H,3-4H2,1-2H3,(H,18,20)(H,21,22). The molecule has 0 aliphatic rings. The van der Waals surface area contributed by atoms with E-state index < -0.39 is 12.0 Å². The van der Waals surface area contributed by atoms with E-state index in [0.29, 0.717) is 12.1 Å². The van der Waals surface area contributed by atoms with E-state index in [1.54, 1.807) is 12.1 Å². The highest BCUT2D eigenvalue weighted by molar-refractivity contribution is 5.84. The first-order valence-electron chi connectivity index (χ1n) is 6.88. The van der Waals surface area contributed by atoms with Gasteiger partial charge in [0.05, 0.1) is 6.54 Å². The summed E-state index contributed by atoms with van der Waals surface area (Å²) in [5.74, 6) is -1.43.